The third kappa shape index (κ3) is 2.79. The van der Waals surface area contributed by atoms with Crippen molar-refractivity contribution in [3.05, 3.63) is 0 Å². The number of hydrogen-bond acceptors (Lipinski definition) is 2. The second-order valence-corrected chi connectivity index (χ2v) is 5.22. The zero-order valence-electron chi connectivity index (χ0n) is 10.2. The highest BCUT2D eigenvalue weighted by atomic mass is 16.4. The van der Waals surface area contributed by atoms with Gasteiger partial charge < -0.3 is 10.0 Å². The van der Waals surface area contributed by atoms with Gasteiger partial charge in [0.1, 0.15) is 0 Å². The van der Waals surface area contributed by atoms with Gasteiger partial charge in [0, 0.05) is 13.1 Å². The van der Waals surface area contributed by atoms with Gasteiger partial charge in [-0.05, 0) is 25.7 Å². The Bertz CT molecular complexity index is 295. The maximum absolute atomic E-state index is 12.2. The van der Waals surface area contributed by atoms with E-state index in [1.54, 1.807) is 0 Å². The van der Waals surface area contributed by atoms with Crippen LogP contribution in [-0.4, -0.2) is 35.0 Å². The molecule has 1 amide bonds. The summed E-state index contributed by atoms with van der Waals surface area (Å²) in [4.78, 5) is 25.1. The Morgan fingerprint density at radius 1 is 0.882 bits per heavy atom. The van der Waals surface area contributed by atoms with Crippen molar-refractivity contribution in [3.63, 3.8) is 0 Å². The van der Waals surface area contributed by atoms with E-state index in [-0.39, 0.29) is 11.8 Å². The minimum absolute atomic E-state index is 0.0885. The Morgan fingerprint density at radius 3 is 1.88 bits per heavy atom. The summed E-state index contributed by atoms with van der Waals surface area (Å²) in [6.45, 7) is 1.64. The van der Waals surface area contributed by atoms with Crippen LogP contribution in [0, 0.1) is 11.8 Å². The van der Waals surface area contributed by atoms with E-state index in [0.29, 0.717) is 6.42 Å². The standard InChI is InChI=1S/C13H21NO3/c15-12(10-6-7-11(10)13(16)17)14-8-4-2-1-3-5-9-14/h10-11H,1-9H2,(H,16,17). The molecule has 2 aliphatic rings. The zero-order valence-corrected chi connectivity index (χ0v) is 10.2. The molecule has 96 valence electrons. The molecule has 1 saturated heterocycles. The molecule has 1 N–H and O–H groups in total. The predicted molar refractivity (Wildman–Crippen MR) is 63.5 cm³/mol. The quantitative estimate of drug-likeness (QED) is 0.800. The van der Waals surface area contributed by atoms with Crippen LogP contribution in [0.3, 0.4) is 0 Å². The van der Waals surface area contributed by atoms with Crippen molar-refractivity contribution in [3.8, 4) is 0 Å². The smallest absolute Gasteiger partial charge is 0.307 e. The summed E-state index contributed by atoms with van der Waals surface area (Å²) in [5.41, 5.74) is 0. The first-order valence-electron chi connectivity index (χ1n) is 6.72. The number of aliphatic carboxylic acids is 1. The molecule has 0 aromatic heterocycles. The van der Waals surface area contributed by atoms with Gasteiger partial charge in [0.15, 0.2) is 0 Å². The fourth-order valence-electron chi connectivity index (χ4n) is 2.79. The predicted octanol–water partition coefficient (Wildman–Crippen LogP) is 1.89. The molecule has 1 aliphatic heterocycles. The molecule has 2 atom stereocenters. The van der Waals surface area contributed by atoms with E-state index in [2.05, 4.69) is 0 Å². The molecule has 4 heteroatoms. The fraction of sp³-hybridized carbons (Fsp3) is 0.846. The molecule has 1 heterocycles. The molecule has 0 aromatic carbocycles. The summed E-state index contributed by atoms with van der Waals surface area (Å²) >= 11 is 0. The minimum Gasteiger partial charge on any atom is -0.481 e. The number of hydrogen-bond donors (Lipinski definition) is 1. The van der Waals surface area contributed by atoms with Crippen molar-refractivity contribution in [1.29, 1.82) is 0 Å². The van der Waals surface area contributed by atoms with Crippen LogP contribution in [-0.2, 0) is 9.59 Å². The summed E-state index contributed by atoms with van der Waals surface area (Å²) in [5.74, 6) is -1.38. The topological polar surface area (TPSA) is 57.6 Å². The van der Waals surface area contributed by atoms with E-state index in [4.69, 9.17) is 5.11 Å². The highest BCUT2D eigenvalue weighted by molar-refractivity contribution is 5.86. The van der Waals surface area contributed by atoms with Gasteiger partial charge in [-0.2, -0.15) is 0 Å². The Kier molecular flexibility index (Phi) is 4.02. The van der Waals surface area contributed by atoms with Gasteiger partial charge in [0.2, 0.25) is 5.91 Å². The summed E-state index contributed by atoms with van der Waals surface area (Å²) in [6, 6.07) is 0. The summed E-state index contributed by atoms with van der Waals surface area (Å²) in [7, 11) is 0. The van der Waals surface area contributed by atoms with Crippen LogP contribution in [0.5, 0.6) is 0 Å². The molecular formula is C13H21NO3. The van der Waals surface area contributed by atoms with Gasteiger partial charge in [-0.15, -0.1) is 0 Å². The highest BCUT2D eigenvalue weighted by Crippen LogP contribution is 2.36. The Labute approximate surface area is 102 Å². The van der Waals surface area contributed by atoms with Crippen molar-refractivity contribution in [2.24, 2.45) is 11.8 Å². The molecule has 0 radical (unpaired) electrons. The highest BCUT2D eigenvalue weighted by Gasteiger charge is 2.42. The van der Waals surface area contributed by atoms with Crippen LogP contribution >= 0.6 is 0 Å². The van der Waals surface area contributed by atoms with E-state index in [9.17, 15) is 9.59 Å². The first-order valence-corrected chi connectivity index (χ1v) is 6.72. The molecule has 17 heavy (non-hydrogen) atoms. The van der Waals surface area contributed by atoms with Crippen LogP contribution in [0.2, 0.25) is 0 Å². The molecule has 1 aliphatic carbocycles. The van der Waals surface area contributed by atoms with Crippen LogP contribution in [0.15, 0.2) is 0 Å². The van der Waals surface area contributed by atoms with Gasteiger partial charge in [-0.3, -0.25) is 9.59 Å². The Morgan fingerprint density at radius 2 is 1.41 bits per heavy atom. The molecule has 2 rings (SSSR count). The Hall–Kier alpha value is -1.06. The van der Waals surface area contributed by atoms with E-state index >= 15 is 0 Å². The number of nitrogens with zero attached hydrogens (tertiary/aromatic N) is 1. The number of carbonyl (C=O) groups excluding carboxylic acids is 1. The van der Waals surface area contributed by atoms with Gasteiger partial charge in [0.05, 0.1) is 11.8 Å². The SMILES string of the molecule is O=C(O)C1CCC1C(=O)N1CCCCCCC1. The summed E-state index contributed by atoms with van der Waals surface area (Å²) in [6.07, 6.45) is 7.20. The molecule has 2 unspecified atom stereocenters. The number of carbonyl (C=O) groups is 2. The maximum Gasteiger partial charge on any atom is 0.307 e. The van der Waals surface area contributed by atoms with Crippen molar-refractivity contribution in [2.45, 2.75) is 44.9 Å². The van der Waals surface area contributed by atoms with Crippen molar-refractivity contribution < 1.29 is 14.7 Å². The third-order valence-corrected chi connectivity index (χ3v) is 4.08. The van der Waals surface area contributed by atoms with Crippen LogP contribution in [0.1, 0.15) is 44.9 Å². The molecular weight excluding hydrogens is 218 g/mol. The second-order valence-electron chi connectivity index (χ2n) is 5.22. The molecule has 0 spiro atoms. The van der Waals surface area contributed by atoms with Crippen LogP contribution < -0.4 is 0 Å². The molecule has 0 bridgehead atoms. The Balaban J connectivity index is 1.91. The second kappa shape index (κ2) is 5.52. The molecule has 0 aromatic rings. The fourth-order valence-corrected chi connectivity index (χ4v) is 2.79. The molecule has 1 saturated carbocycles. The number of amides is 1. The molecule has 4 nitrogen and oxygen atoms in total. The minimum atomic E-state index is -0.804. The lowest BCUT2D eigenvalue weighted by atomic mass is 9.73. The number of rotatable bonds is 2. The van der Waals surface area contributed by atoms with Gasteiger partial charge in [-0.25, -0.2) is 0 Å². The van der Waals surface area contributed by atoms with E-state index < -0.39 is 11.9 Å². The first-order chi connectivity index (χ1) is 8.20. The lowest BCUT2D eigenvalue weighted by molar-refractivity contribution is -0.156. The van der Waals surface area contributed by atoms with Gasteiger partial charge >= 0.3 is 5.97 Å². The summed E-state index contributed by atoms with van der Waals surface area (Å²) in [5, 5.41) is 8.98. The largest absolute Gasteiger partial charge is 0.481 e. The first kappa shape index (κ1) is 12.4. The molecule has 2 fully saturated rings. The average Bonchev–Trinajstić information content (AvgIpc) is 2.13. The monoisotopic (exact) mass is 239 g/mol. The van der Waals surface area contributed by atoms with E-state index in [1.165, 1.54) is 19.3 Å². The van der Waals surface area contributed by atoms with E-state index in [1.807, 2.05) is 4.90 Å². The van der Waals surface area contributed by atoms with Gasteiger partial charge in [-0.1, -0.05) is 19.3 Å². The van der Waals surface area contributed by atoms with Gasteiger partial charge in [0.25, 0.3) is 0 Å². The lowest BCUT2D eigenvalue weighted by Gasteiger charge is -2.37. The maximum atomic E-state index is 12.2. The average molecular weight is 239 g/mol. The number of carboxylic acid groups (broad SMARTS) is 1. The normalized spacial score (nSPS) is 30.0. The zero-order chi connectivity index (χ0) is 12.3. The van der Waals surface area contributed by atoms with Crippen LogP contribution in [0.4, 0.5) is 0 Å². The van der Waals surface area contributed by atoms with Crippen molar-refractivity contribution in [2.75, 3.05) is 13.1 Å². The summed E-state index contributed by atoms with van der Waals surface area (Å²) < 4.78 is 0. The van der Waals surface area contributed by atoms with Crippen molar-refractivity contribution >= 4 is 11.9 Å². The van der Waals surface area contributed by atoms with Crippen LogP contribution in [0.25, 0.3) is 0 Å². The number of likely N-dealkylation sites (tertiary alicyclic amines) is 1. The van der Waals surface area contributed by atoms with E-state index in [0.717, 1.165) is 32.4 Å². The third-order valence-electron chi connectivity index (χ3n) is 4.08. The van der Waals surface area contributed by atoms with Crippen molar-refractivity contribution in [1.82, 2.24) is 4.90 Å². The lowest BCUT2D eigenvalue weighted by Crippen LogP contribution is -2.47. The number of carboxylic acids is 1.